The maximum atomic E-state index is 13.0. The molecule has 2 fully saturated rings. The summed E-state index contributed by atoms with van der Waals surface area (Å²) < 4.78 is 13.1. The fourth-order valence-electron chi connectivity index (χ4n) is 6.71. The molecule has 9 nitrogen and oxygen atoms in total. The minimum atomic E-state index is -0.900. The second-order valence-corrected chi connectivity index (χ2v) is 13.7. The number of hydrogen-bond acceptors (Lipinski definition) is 7. The number of urea groups is 1. The van der Waals surface area contributed by atoms with E-state index in [4.69, 9.17) is 21.1 Å². The van der Waals surface area contributed by atoms with Gasteiger partial charge in [-0.25, -0.2) is 4.79 Å². The number of nitrogens with one attached hydrogen (secondary N) is 2. The number of ketones is 1. The van der Waals surface area contributed by atoms with Crippen LogP contribution in [0.3, 0.4) is 0 Å². The number of amides is 2. The summed E-state index contributed by atoms with van der Waals surface area (Å²) in [5, 5.41) is 27.3. The van der Waals surface area contributed by atoms with Crippen LogP contribution in [0.15, 0.2) is 103 Å². The van der Waals surface area contributed by atoms with Crippen molar-refractivity contribution in [2.24, 2.45) is 0 Å². The van der Waals surface area contributed by atoms with Crippen LogP contribution in [0.2, 0.25) is 5.02 Å². The highest BCUT2D eigenvalue weighted by molar-refractivity contribution is 6.30. The fraction of sp³-hybridized carbons (Fsp3) is 0.350. The Morgan fingerprint density at radius 1 is 0.900 bits per heavy atom. The second kappa shape index (κ2) is 16.3. The number of hydrogen-bond donors (Lipinski definition) is 4. The van der Waals surface area contributed by atoms with Crippen molar-refractivity contribution in [1.29, 1.82) is 0 Å². The van der Waals surface area contributed by atoms with Gasteiger partial charge in [-0.15, -0.1) is 0 Å². The minimum Gasteiger partial charge on any atom is -0.392 e. The molecule has 10 heteroatoms. The summed E-state index contributed by atoms with van der Waals surface area (Å²) in [5.74, 6) is -0.130. The number of nitrogens with zero attached hydrogens (tertiary/aromatic N) is 1. The number of Topliss-reactive ketones (excluding diaryl/α,β-unsaturated/α-hetero) is 1. The van der Waals surface area contributed by atoms with Gasteiger partial charge in [0.15, 0.2) is 12.1 Å². The maximum absolute atomic E-state index is 13.0. The molecular formula is C40H44ClN3O6. The lowest BCUT2D eigenvalue weighted by molar-refractivity contribution is -0.253. The van der Waals surface area contributed by atoms with E-state index in [1.54, 1.807) is 6.07 Å². The van der Waals surface area contributed by atoms with E-state index < -0.39 is 24.0 Å². The molecule has 262 valence electrons. The summed E-state index contributed by atoms with van der Waals surface area (Å²) in [6, 6.07) is 31.0. The Morgan fingerprint density at radius 2 is 1.62 bits per heavy atom. The molecule has 0 bridgehead atoms. The van der Waals surface area contributed by atoms with Crippen molar-refractivity contribution in [3.05, 3.63) is 136 Å². The number of piperidine rings is 1. The first kappa shape index (κ1) is 35.7. The van der Waals surface area contributed by atoms with E-state index in [-0.39, 0.29) is 24.6 Å². The molecule has 2 aliphatic heterocycles. The number of aliphatic hydroxyl groups excluding tert-OH is 1. The minimum absolute atomic E-state index is 0.0374. The van der Waals surface area contributed by atoms with E-state index in [2.05, 4.69) is 15.5 Å². The average molecular weight is 698 g/mol. The third kappa shape index (κ3) is 9.17. The van der Waals surface area contributed by atoms with Gasteiger partial charge in [0.05, 0.1) is 30.5 Å². The van der Waals surface area contributed by atoms with Crippen molar-refractivity contribution in [2.75, 3.05) is 25.0 Å². The van der Waals surface area contributed by atoms with Crippen LogP contribution >= 0.6 is 11.6 Å². The monoisotopic (exact) mass is 697 g/mol. The number of rotatable bonds is 11. The van der Waals surface area contributed by atoms with Gasteiger partial charge in [-0.05, 0) is 72.7 Å². The van der Waals surface area contributed by atoms with Crippen LogP contribution in [-0.2, 0) is 32.9 Å². The van der Waals surface area contributed by atoms with Crippen molar-refractivity contribution < 1.29 is 29.3 Å². The molecule has 2 saturated heterocycles. The van der Waals surface area contributed by atoms with Crippen LogP contribution < -0.4 is 10.6 Å². The van der Waals surface area contributed by atoms with Crippen molar-refractivity contribution in [2.45, 2.75) is 69.4 Å². The normalized spacial score (nSPS) is 21.2. The molecule has 4 unspecified atom stereocenters. The Balaban J connectivity index is 1.14. The highest BCUT2D eigenvalue weighted by atomic mass is 35.5. The van der Waals surface area contributed by atoms with Crippen molar-refractivity contribution in [3.63, 3.8) is 0 Å². The van der Waals surface area contributed by atoms with Crippen LogP contribution in [-0.4, -0.2) is 58.7 Å². The van der Waals surface area contributed by atoms with Gasteiger partial charge in [0, 0.05) is 42.3 Å². The van der Waals surface area contributed by atoms with Crippen LogP contribution in [0.4, 0.5) is 10.5 Å². The zero-order valence-corrected chi connectivity index (χ0v) is 28.9. The van der Waals surface area contributed by atoms with Gasteiger partial charge >= 0.3 is 6.03 Å². The van der Waals surface area contributed by atoms with Gasteiger partial charge in [-0.1, -0.05) is 90.5 Å². The van der Waals surface area contributed by atoms with Crippen LogP contribution in [0.1, 0.15) is 66.4 Å². The molecule has 2 amide bonds. The number of likely N-dealkylation sites (tertiary alicyclic amines) is 1. The zero-order chi connectivity index (χ0) is 35.1. The molecule has 2 heterocycles. The quantitative estimate of drug-likeness (QED) is 0.138. The van der Waals surface area contributed by atoms with Crippen LogP contribution in [0.5, 0.6) is 0 Å². The Hall–Kier alpha value is -4.09. The van der Waals surface area contributed by atoms with E-state index in [1.165, 1.54) is 6.92 Å². The molecule has 6 rings (SSSR count). The standard InChI is InChI=1S/C40H44ClN3O6/c1-27(46)36(22-28-6-3-2-4-7-28)43-39(47)42-34-9-5-8-31(23-34)38-49-35(24-37(50-38)30-12-10-29(26-45)11-13-30)25-44-20-18-40(48,19-21-44)32-14-16-33(41)17-15-32/h2-17,23,35-38,45,48H,18-22,24-26H2,1H3,(H2,42,43,47). The van der Waals surface area contributed by atoms with Gasteiger partial charge in [-0.3, -0.25) is 4.79 Å². The number of benzene rings is 4. The van der Waals surface area contributed by atoms with Gasteiger partial charge in [0.2, 0.25) is 0 Å². The molecule has 4 aromatic carbocycles. The Labute approximate surface area is 298 Å². The van der Waals surface area contributed by atoms with E-state index in [0.717, 1.165) is 27.8 Å². The molecule has 4 aromatic rings. The second-order valence-electron chi connectivity index (χ2n) is 13.3. The average Bonchev–Trinajstić information content (AvgIpc) is 3.13. The summed E-state index contributed by atoms with van der Waals surface area (Å²) in [5.41, 5.74) is 4.03. The molecule has 0 aliphatic carbocycles. The van der Waals surface area contributed by atoms with Gasteiger partial charge in [-0.2, -0.15) is 0 Å². The number of carbonyl (C=O) groups excluding carboxylic acids is 2. The Kier molecular flexibility index (Phi) is 11.6. The van der Waals surface area contributed by atoms with E-state index in [0.29, 0.717) is 56.0 Å². The highest BCUT2D eigenvalue weighted by Gasteiger charge is 2.37. The van der Waals surface area contributed by atoms with Crippen LogP contribution in [0.25, 0.3) is 0 Å². The lowest BCUT2D eigenvalue weighted by Crippen LogP contribution is -2.46. The number of aliphatic hydroxyl groups is 2. The molecule has 0 saturated carbocycles. The fourth-order valence-corrected chi connectivity index (χ4v) is 6.84. The predicted octanol–water partition coefficient (Wildman–Crippen LogP) is 6.68. The number of anilines is 1. The number of carbonyl (C=O) groups is 2. The first-order valence-electron chi connectivity index (χ1n) is 17.1. The third-order valence-corrected chi connectivity index (χ3v) is 9.89. The van der Waals surface area contributed by atoms with E-state index in [9.17, 15) is 19.8 Å². The van der Waals surface area contributed by atoms with Gasteiger partial charge in [0.1, 0.15) is 0 Å². The molecule has 0 spiro atoms. The molecule has 4 N–H and O–H groups in total. The first-order valence-corrected chi connectivity index (χ1v) is 17.5. The molecule has 4 atom stereocenters. The first-order chi connectivity index (χ1) is 24.2. The maximum Gasteiger partial charge on any atom is 0.319 e. The summed E-state index contributed by atoms with van der Waals surface area (Å²) in [7, 11) is 0. The van der Waals surface area contributed by atoms with E-state index in [1.807, 2.05) is 97.1 Å². The Bertz CT molecular complexity index is 1730. The smallest absolute Gasteiger partial charge is 0.319 e. The lowest BCUT2D eigenvalue weighted by Gasteiger charge is -2.42. The molecule has 2 aliphatic rings. The SMILES string of the molecule is CC(=O)C(Cc1ccccc1)NC(=O)Nc1cccc(C2OC(CN3CCC(O)(c4ccc(Cl)cc4)CC3)CC(c3ccc(CO)cc3)O2)c1. The summed E-state index contributed by atoms with van der Waals surface area (Å²) in [6.45, 7) is 3.52. The summed E-state index contributed by atoms with van der Waals surface area (Å²) in [6.07, 6.45) is 1.06. The summed E-state index contributed by atoms with van der Waals surface area (Å²) in [4.78, 5) is 27.7. The van der Waals surface area contributed by atoms with Crippen molar-refractivity contribution in [3.8, 4) is 0 Å². The Morgan fingerprint density at radius 3 is 2.30 bits per heavy atom. The topological polar surface area (TPSA) is 120 Å². The van der Waals surface area contributed by atoms with E-state index >= 15 is 0 Å². The lowest BCUT2D eigenvalue weighted by atomic mass is 9.84. The largest absolute Gasteiger partial charge is 0.392 e. The number of ether oxygens (including phenoxy) is 2. The molecule has 0 radical (unpaired) electrons. The predicted molar refractivity (Wildman–Crippen MR) is 193 cm³/mol. The van der Waals surface area contributed by atoms with Crippen LogP contribution in [0, 0.1) is 0 Å². The molecular weight excluding hydrogens is 654 g/mol. The van der Waals surface area contributed by atoms with Crippen molar-refractivity contribution in [1.82, 2.24) is 10.2 Å². The third-order valence-electron chi connectivity index (χ3n) is 9.64. The highest BCUT2D eigenvalue weighted by Crippen LogP contribution is 2.40. The van der Waals surface area contributed by atoms with Gasteiger partial charge < -0.3 is 35.2 Å². The zero-order valence-electron chi connectivity index (χ0n) is 28.1. The number of halogens is 1. The molecule has 50 heavy (non-hydrogen) atoms. The van der Waals surface area contributed by atoms with Gasteiger partial charge in [0.25, 0.3) is 0 Å². The molecule has 0 aromatic heterocycles. The van der Waals surface area contributed by atoms with Crippen molar-refractivity contribution >= 4 is 29.1 Å². The summed E-state index contributed by atoms with van der Waals surface area (Å²) >= 11 is 6.08.